The summed E-state index contributed by atoms with van der Waals surface area (Å²) in [4.78, 5) is 23.5. The maximum absolute atomic E-state index is 13.5. The van der Waals surface area contributed by atoms with E-state index in [-0.39, 0.29) is 17.9 Å². The number of halogens is 1. The molecule has 0 saturated heterocycles. The number of ether oxygens (including phenoxy) is 2. The predicted octanol–water partition coefficient (Wildman–Crippen LogP) is 2.95. The third kappa shape index (κ3) is 3.74. The zero-order chi connectivity index (χ0) is 17.0. The molecule has 2 aromatic rings. The highest BCUT2D eigenvalue weighted by Crippen LogP contribution is 2.31. The van der Waals surface area contributed by atoms with E-state index >= 15 is 0 Å². The van der Waals surface area contributed by atoms with E-state index in [1.165, 1.54) is 25.1 Å². The monoisotopic (exact) mass is 321 g/mol. The quantitative estimate of drug-likeness (QED) is 0.788. The average Bonchev–Trinajstić information content (AvgIpc) is 2.86. The van der Waals surface area contributed by atoms with Gasteiger partial charge in [0.05, 0.1) is 12.3 Å². The number of carbonyl (C=O) groups excluding carboxylic acids is 2. The van der Waals surface area contributed by atoms with Gasteiger partial charge in [-0.05, 0) is 26.0 Å². The van der Waals surface area contributed by atoms with Gasteiger partial charge in [0.1, 0.15) is 11.4 Å². The van der Waals surface area contributed by atoms with Crippen molar-refractivity contribution < 1.29 is 28.0 Å². The third-order valence-electron chi connectivity index (χ3n) is 3.04. The fraction of sp³-hybridized carbons (Fsp3) is 0.312. The number of aromatic nitrogens is 1. The fourth-order valence-corrected chi connectivity index (χ4v) is 2.13. The van der Waals surface area contributed by atoms with Crippen LogP contribution in [0.1, 0.15) is 47.3 Å². The van der Waals surface area contributed by atoms with Crippen LogP contribution in [-0.2, 0) is 14.3 Å². The smallest absolute Gasteiger partial charge is 0.343 e. The number of nitrogens with zero attached hydrogens (tertiary/aromatic N) is 1. The Morgan fingerprint density at radius 1 is 1.39 bits per heavy atom. The Labute approximate surface area is 132 Å². The molecule has 0 aliphatic heterocycles. The fourth-order valence-electron chi connectivity index (χ4n) is 2.13. The molecule has 2 rings (SSSR count). The van der Waals surface area contributed by atoms with Crippen molar-refractivity contribution in [2.75, 3.05) is 6.61 Å². The summed E-state index contributed by atoms with van der Waals surface area (Å²) in [5, 5.41) is 3.74. The predicted molar refractivity (Wildman–Crippen MR) is 77.2 cm³/mol. The minimum atomic E-state index is -1.09. The molecule has 6 nitrogen and oxygen atoms in total. The van der Waals surface area contributed by atoms with Crippen LogP contribution in [0.25, 0.3) is 0 Å². The first-order valence-electron chi connectivity index (χ1n) is 7.00. The topological polar surface area (TPSA) is 78.6 Å². The Hall–Kier alpha value is -2.70. The van der Waals surface area contributed by atoms with Gasteiger partial charge in [-0.2, -0.15) is 0 Å². The number of hydrogen-bond donors (Lipinski definition) is 0. The maximum atomic E-state index is 13.5. The van der Waals surface area contributed by atoms with Crippen LogP contribution in [0.5, 0.6) is 0 Å². The molecule has 1 atom stereocenters. The molecule has 0 saturated carbocycles. The van der Waals surface area contributed by atoms with Crippen LogP contribution >= 0.6 is 0 Å². The van der Waals surface area contributed by atoms with Crippen LogP contribution in [0.15, 0.2) is 28.8 Å². The second-order valence-corrected chi connectivity index (χ2v) is 4.77. The van der Waals surface area contributed by atoms with Gasteiger partial charge in [0.2, 0.25) is 0 Å². The molecular formula is C16H16FNO5. The summed E-state index contributed by atoms with van der Waals surface area (Å²) in [5.41, 5.74) is 0.691. The molecule has 0 N–H and O–H groups in total. The number of benzene rings is 1. The van der Waals surface area contributed by atoms with E-state index in [1.54, 1.807) is 19.9 Å². The van der Waals surface area contributed by atoms with Crippen molar-refractivity contribution >= 4 is 11.9 Å². The number of rotatable bonds is 5. The van der Waals surface area contributed by atoms with Crippen LogP contribution in [0.4, 0.5) is 4.39 Å². The van der Waals surface area contributed by atoms with Crippen molar-refractivity contribution in [3.63, 3.8) is 0 Å². The second-order valence-electron chi connectivity index (χ2n) is 4.77. The zero-order valence-electron chi connectivity index (χ0n) is 13.0. The number of hydrogen-bond acceptors (Lipinski definition) is 6. The lowest BCUT2D eigenvalue weighted by atomic mass is 10.0. The summed E-state index contributed by atoms with van der Waals surface area (Å²) in [7, 11) is 0. The Morgan fingerprint density at radius 2 is 2.13 bits per heavy atom. The molecule has 7 heteroatoms. The lowest BCUT2D eigenvalue weighted by Crippen LogP contribution is -2.15. The average molecular weight is 321 g/mol. The van der Waals surface area contributed by atoms with Crippen LogP contribution < -0.4 is 0 Å². The molecule has 23 heavy (non-hydrogen) atoms. The molecule has 0 aliphatic rings. The van der Waals surface area contributed by atoms with E-state index in [0.717, 1.165) is 0 Å². The van der Waals surface area contributed by atoms with Gasteiger partial charge in [0, 0.05) is 12.5 Å². The van der Waals surface area contributed by atoms with Gasteiger partial charge < -0.3 is 14.0 Å². The van der Waals surface area contributed by atoms with Gasteiger partial charge in [-0.25, -0.2) is 9.18 Å². The van der Waals surface area contributed by atoms with Crippen LogP contribution in [0.3, 0.4) is 0 Å². The SMILES string of the molecule is CCOC(=O)c1c(C)noc1C(OC(C)=O)c1cccc(F)c1. The molecule has 0 amide bonds. The Morgan fingerprint density at radius 3 is 2.74 bits per heavy atom. The first kappa shape index (κ1) is 16.7. The van der Waals surface area contributed by atoms with E-state index in [2.05, 4.69) is 5.16 Å². The normalized spacial score (nSPS) is 11.8. The minimum Gasteiger partial charge on any atom is -0.462 e. The van der Waals surface area contributed by atoms with E-state index in [0.29, 0.717) is 11.3 Å². The van der Waals surface area contributed by atoms with Crippen LogP contribution in [0.2, 0.25) is 0 Å². The maximum Gasteiger partial charge on any atom is 0.343 e. The molecule has 1 aromatic carbocycles. The second kappa shape index (κ2) is 7.04. The van der Waals surface area contributed by atoms with E-state index in [1.807, 2.05) is 0 Å². The van der Waals surface area contributed by atoms with Gasteiger partial charge in [0.15, 0.2) is 11.9 Å². The van der Waals surface area contributed by atoms with Crippen molar-refractivity contribution in [1.82, 2.24) is 5.16 Å². The molecule has 0 bridgehead atoms. The van der Waals surface area contributed by atoms with Gasteiger partial charge in [0.25, 0.3) is 0 Å². The zero-order valence-corrected chi connectivity index (χ0v) is 13.0. The summed E-state index contributed by atoms with van der Waals surface area (Å²) in [5.74, 6) is -1.76. The van der Waals surface area contributed by atoms with Gasteiger partial charge in [-0.1, -0.05) is 17.3 Å². The van der Waals surface area contributed by atoms with Crippen LogP contribution in [0, 0.1) is 12.7 Å². The summed E-state index contributed by atoms with van der Waals surface area (Å²) in [6.07, 6.45) is -1.09. The van der Waals surface area contributed by atoms with Crippen molar-refractivity contribution in [2.45, 2.75) is 26.9 Å². The molecule has 122 valence electrons. The first-order chi connectivity index (χ1) is 10.9. The highest BCUT2D eigenvalue weighted by Gasteiger charge is 2.31. The van der Waals surface area contributed by atoms with Crippen molar-refractivity contribution in [3.8, 4) is 0 Å². The Balaban J connectivity index is 2.52. The molecule has 0 spiro atoms. The Kier molecular flexibility index (Phi) is 5.10. The van der Waals surface area contributed by atoms with Crippen molar-refractivity contribution in [1.29, 1.82) is 0 Å². The van der Waals surface area contributed by atoms with Gasteiger partial charge >= 0.3 is 11.9 Å². The standard InChI is InChI=1S/C16H16FNO5/c1-4-21-16(20)13-9(2)18-23-15(13)14(22-10(3)19)11-6-5-7-12(17)8-11/h5-8,14H,4H2,1-3H3. The highest BCUT2D eigenvalue weighted by atomic mass is 19.1. The number of esters is 2. The molecule has 1 heterocycles. The summed E-state index contributed by atoms with van der Waals surface area (Å²) < 4.78 is 28.8. The minimum absolute atomic E-state index is 0.00162. The number of aryl methyl sites for hydroxylation is 1. The molecule has 0 aliphatic carbocycles. The lowest BCUT2D eigenvalue weighted by molar-refractivity contribution is -0.145. The largest absolute Gasteiger partial charge is 0.462 e. The third-order valence-corrected chi connectivity index (χ3v) is 3.04. The molecule has 1 aromatic heterocycles. The van der Waals surface area contributed by atoms with E-state index < -0.39 is 23.9 Å². The summed E-state index contributed by atoms with van der Waals surface area (Å²) >= 11 is 0. The summed E-state index contributed by atoms with van der Waals surface area (Å²) in [6.45, 7) is 4.60. The molecule has 1 unspecified atom stereocenters. The van der Waals surface area contributed by atoms with Crippen molar-refractivity contribution in [3.05, 3.63) is 52.7 Å². The molecule has 0 radical (unpaired) electrons. The first-order valence-corrected chi connectivity index (χ1v) is 7.00. The van der Waals surface area contributed by atoms with Gasteiger partial charge in [-0.3, -0.25) is 4.79 Å². The molecular weight excluding hydrogens is 305 g/mol. The number of carbonyl (C=O) groups is 2. The molecule has 0 fully saturated rings. The highest BCUT2D eigenvalue weighted by molar-refractivity contribution is 5.92. The Bertz CT molecular complexity index is 725. The van der Waals surface area contributed by atoms with Crippen molar-refractivity contribution in [2.24, 2.45) is 0 Å². The lowest BCUT2D eigenvalue weighted by Gasteiger charge is -2.16. The van der Waals surface area contributed by atoms with E-state index in [4.69, 9.17) is 14.0 Å². The van der Waals surface area contributed by atoms with Gasteiger partial charge in [-0.15, -0.1) is 0 Å². The van der Waals surface area contributed by atoms with E-state index in [9.17, 15) is 14.0 Å². The summed E-state index contributed by atoms with van der Waals surface area (Å²) in [6, 6.07) is 5.48. The van der Waals surface area contributed by atoms with Crippen LogP contribution in [-0.4, -0.2) is 23.7 Å².